The van der Waals surface area contributed by atoms with Crippen LogP contribution in [0, 0.1) is 5.82 Å². The Morgan fingerprint density at radius 2 is 1.95 bits per heavy atom. The van der Waals surface area contributed by atoms with Crippen LogP contribution in [0.3, 0.4) is 0 Å². The van der Waals surface area contributed by atoms with Gasteiger partial charge in [0.1, 0.15) is 18.2 Å². The number of nitrogens with one attached hydrogen (secondary N) is 1. The van der Waals surface area contributed by atoms with E-state index in [-0.39, 0.29) is 5.91 Å². The van der Waals surface area contributed by atoms with E-state index in [1.54, 1.807) is 24.3 Å². The third-order valence-corrected chi connectivity index (χ3v) is 3.33. The highest BCUT2D eigenvalue weighted by Gasteiger charge is 2.11. The van der Waals surface area contributed by atoms with Crippen molar-refractivity contribution in [2.45, 2.75) is 0 Å². The monoisotopic (exact) mass is 352 g/mol. The van der Waals surface area contributed by atoms with Crippen molar-refractivity contribution < 1.29 is 13.9 Å². The normalized spacial score (nSPS) is 10.2. The van der Waals surface area contributed by atoms with E-state index in [0.717, 1.165) is 0 Å². The molecular weight excluding hydrogens is 339 g/mol. The minimum Gasteiger partial charge on any atom is -0.492 e. The SMILES string of the molecule is NCCOc1ccc(NC(=O)c2ccc(F)cc2Br)cc1. The van der Waals surface area contributed by atoms with Crippen LogP contribution in [0.25, 0.3) is 0 Å². The van der Waals surface area contributed by atoms with Gasteiger partial charge in [0.05, 0.1) is 5.56 Å². The van der Waals surface area contributed by atoms with Crippen molar-refractivity contribution in [2.24, 2.45) is 5.73 Å². The van der Waals surface area contributed by atoms with E-state index in [1.165, 1.54) is 18.2 Å². The van der Waals surface area contributed by atoms with Gasteiger partial charge in [-0.3, -0.25) is 4.79 Å². The third-order valence-electron chi connectivity index (χ3n) is 2.67. The number of halogens is 2. The molecule has 0 heterocycles. The molecule has 4 nitrogen and oxygen atoms in total. The molecule has 0 spiro atoms. The molecule has 0 atom stereocenters. The molecule has 0 radical (unpaired) electrons. The maximum absolute atomic E-state index is 13.0. The number of benzene rings is 2. The fourth-order valence-electron chi connectivity index (χ4n) is 1.68. The lowest BCUT2D eigenvalue weighted by molar-refractivity contribution is 0.102. The highest BCUT2D eigenvalue weighted by atomic mass is 79.9. The van der Waals surface area contributed by atoms with Gasteiger partial charge in [-0.25, -0.2) is 4.39 Å². The largest absolute Gasteiger partial charge is 0.492 e. The average molecular weight is 353 g/mol. The number of carbonyl (C=O) groups is 1. The van der Waals surface area contributed by atoms with Crippen molar-refractivity contribution in [3.8, 4) is 5.75 Å². The van der Waals surface area contributed by atoms with Crippen LogP contribution in [0.5, 0.6) is 5.75 Å². The molecule has 0 fully saturated rings. The Morgan fingerprint density at radius 3 is 2.57 bits per heavy atom. The second-order valence-electron chi connectivity index (χ2n) is 4.24. The first-order valence-electron chi connectivity index (χ1n) is 6.29. The molecule has 3 N–H and O–H groups in total. The van der Waals surface area contributed by atoms with Crippen molar-refractivity contribution >= 4 is 27.5 Å². The summed E-state index contributed by atoms with van der Waals surface area (Å²) in [6.45, 7) is 0.880. The molecule has 110 valence electrons. The Labute approximate surface area is 130 Å². The Morgan fingerprint density at radius 1 is 1.24 bits per heavy atom. The Balaban J connectivity index is 2.05. The summed E-state index contributed by atoms with van der Waals surface area (Å²) >= 11 is 3.17. The summed E-state index contributed by atoms with van der Waals surface area (Å²) < 4.78 is 18.8. The van der Waals surface area contributed by atoms with E-state index in [0.29, 0.717) is 34.6 Å². The quantitative estimate of drug-likeness (QED) is 0.868. The summed E-state index contributed by atoms with van der Waals surface area (Å²) in [5.74, 6) is -0.0428. The summed E-state index contributed by atoms with van der Waals surface area (Å²) in [7, 11) is 0. The summed E-state index contributed by atoms with van der Waals surface area (Å²) in [6.07, 6.45) is 0. The van der Waals surface area contributed by atoms with Gasteiger partial charge in [-0.2, -0.15) is 0 Å². The highest BCUT2D eigenvalue weighted by Crippen LogP contribution is 2.21. The number of carbonyl (C=O) groups excluding carboxylic acids is 1. The first kappa shape index (κ1) is 15.5. The minimum atomic E-state index is -0.403. The molecule has 0 unspecified atom stereocenters. The van der Waals surface area contributed by atoms with E-state index in [4.69, 9.17) is 10.5 Å². The van der Waals surface area contributed by atoms with E-state index in [2.05, 4.69) is 21.2 Å². The molecular formula is C15H14BrFN2O2. The number of anilines is 1. The van der Waals surface area contributed by atoms with Crippen molar-refractivity contribution in [3.63, 3.8) is 0 Å². The van der Waals surface area contributed by atoms with Crippen molar-refractivity contribution in [3.05, 3.63) is 58.3 Å². The zero-order chi connectivity index (χ0) is 15.2. The van der Waals surface area contributed by atoms with Crippen LogP contribution in [-0.2, 0) is 0 Å². The predicted molar refractivity (Wildman–Crippen MR) is 83.0 cm³/mol. The molecule has 0 saturated carbocycles. The Kier molecular flexibility index (Phi) is 5.30. The maximum atomic E-state index is 13.0. The number of rotatable bonds is 5. The number of hydrogen-bond donors (Lipinski definition) is 2. The molecule has 0 aliphatic carbocycles. The van der Waals surface area contributed by atoms with Crippen LogP contribution in [0.15, 0.2) is 46.9 Å². The molecule has 0 aromatic heterocycles. The van der Waals surface area contributed by atoms with Gasteiger partial charge < -0.3 is 15.8 Å². The fourth-order valence-corrected chi connectivity index (χ4v) is 2.21. The second kappa shape index (κ2) is 7.19. The van der Waals surface area contributed by atoms with Crippen LogP contribution in [0.4, 0.5) is 10.1 Å². The number of amides is 1. The van der Waals surface area contributed by atoms with Crippen LogP contribution < -0.4 is 15.8 Å². The van der Waals surface area contributed by atoms with E-state index < -0.39 is 5.82 Å². The molecule has 0 bridgehead atoms. The lowest BCUT2D eigenvalue weighted by atomic mass is 10.2. The molecule has 21 heavy (non-hydrogen) atoms. The van der Waals surface area contributed by atoms with E-state index in [9.17, 15) is 9.18 Å². The maximum Gasteiger partial charge on any atom is 0.256 e. The van der Waals surface area contributed by atoms with Crippen LogP contribution in [0.2, 0.25) is 0 Å². The summed E-state index contributed by atoms with van der Waals surface area (Å²) in [5.41, 5.74) is 6.33. The first-order valence-corrected chi connectivity index (χ1v) is 7.09. The predicted octanol–water partition coefficient (Wildman–Crippen LogP) is 3.18. The van der Waals surface area contributed by atoms with Gasteiger partial charge in [-0.05, 0) is 58.4 Å². The number of nitrogens with two attached hydrogens (primary N) is 1. The third kappa shape index (κ3) is 4.27. The van der Waals surface area contributed by atoms with Crippen molar-refractivity contribution in [2.75, 3.05) is 18.5 Å². The standard InChI is InChI=1S/C15H14BrFN2O2/c16-14-9-10(17)1-6-13(14)15(20)19-11-2-4-12(5-3-11)21-8-7-18/h1-6,9H,7-8,18H2,(H,19,20). The molecule has 0 saturated heterocycles. The zero-order valence-corrected chi connectivity index (χ0v) is 12.7. The average Bonchev–Trinajstić information content (AvgIpc) is 2.46. The molecule has 1 amide bonds. The van der Waals surface area contributed by atoms with Gasteiger partial charge in [0.2, 0.25) is 0 Å². The van der Waals surface area contributed by atoms with Crippen LogP contribution in [0.1, 0.15) is 10.4 Å². The highest BCUT2D eigenvalue weighted by molar-refractivity contribution is 9.10. The van der Waals surface area contributed by atoms with Crippen molar-refractivity contribution in [1.29, 1.82) is 0 Å². The lowest BCUT2D eigenvalue weighted by Crippen LogP contribution is -2.13. The van der Waals surface area contributed by atoms with Gasteiger partial charge >= 0.3 is 0 Å². The first-order chi connectivity index (χ1) is 10.1. The molecule has 0 aliphatic rings. The van der Waals surface area contributed by atoms with Gasteiger partial charge in [-0.15, -0.1) is 0 Å². The van der Waals surface area contributed by atoms with Gasteiger partial charge in [0.25, 0.3) is 5.91 Å². The van der Waals surface area contributed by atoms with Gasteiger partial charge in [0.15, 0.2) is 0 Å². The molecule has 2 aromatic rings. The zero-order valence-electron chi connectivity index (χ0n) is 11.1. The molecule has 0 aliphatic heterocycles. The number of hydrogen-bond acceptors (Lipinski definition) is 3. The molecule has 2 aromatic carbocycles. The van der Waals surface area contributed by atoms with Crippen LogP contribution in [-0.4, -0.2) is 19.1 Å². The van der Waals surface area contributed by atoms with Gasteiger partial charge in [-0.1, -0.05) is 0 Å². The minimum absolute atomic E-state index is 0.322. The summed E-state index contributed by atoms with van der Waals surface area (Å²) in [6, 6.07) is 10.8. The summed E-state index contributed by atoms with van der Waals surface area (Å²) in [4.78, 5) is 12.1. The fraction of sp³-hybridized carbons (Fsp3) is 0.133. The second-order valence-corrected chi connectivity index (χ2v) is 5.09. The Bertz CT molecular complexity index is 632. The van der Waals surface area contributed by atoms with Crippen LogP contribution >= 0.6 is 15.9 Å². The summed E-state index contributed by atoms with van der Waals surface area (Å²) in [5, 5.41) is 2.73. The topological polar surface area (TPSA) is 64.3 Å². The van der Waals surface area contributed by atoms with E-state index >= 15 is 0 Å². The molecule has 6 heteroatoms. The lowest BCUT2D eigenvalue weighted by Gasteiger charge is -2.08. The smallest absolute Gasteiger partial charge is 0.256 e. The Hall–Kier alpha value is -1.92. The van der Waals surface area contributed by atoms with E-state index in [1.807, 2.05) is 0 Å². The molecule has 2 rings (SSSR count). The van der Waals surface area contributed by atoms with Gasteiger partial charge in [0, 0.05) is 16.7 Å². The van der Waals surface area contributed by atoms with Crippen molar-refractivity contribution in [1.82, 2.24) is 0 Å². The number of ether oxygens (including phenoxy) is 1.